The van der Waals surface area contributed by atoms with E-state index in [2.05, 4.69) is 34.4 Å². The molecule has 0 aromatic carbocycles. The van der Waals surface area contributed by atoms with Gasteiger partial charge in [0.25, 0.3) is 0 Å². The lowest BCUT2D eigenvalue weighted by molar-refractivity contribution is -0.138. The van der Waals surface area contributed by atoms with E-state index >= 15 is 0 Å². The van der Waals surface area contributed by atoms with Crippen molar-refractivity contribution in [3.8, 4) is 0 Å². The van der Waals surface area contributed by atoms with E-state index in [0.717, 1.165) is 29.0 Å². The van der Waals surface area contributed by atoms with Crippen LogP contribution in [0.4, 0.5) is 5.82 Å². The Labute approximate surface area is 320 Å². The van der Waals surface area contributed by atoms with Crippen molar-refractivity contribution in [2.24, 2.45) is 11.1 Å². The zero-order valence-corrected chi connectivity index (χ0v) is 32.8. The Morgan fingerprint density at radius 3 is 2.36 bits per heavy atom. The van der Waals surface area contributed by atoms with E-state index in [-0.39, 0.29) is 42.2 Å². The largest absolute Gasteiger partial charge is 0.481 e. The molecule has 31 heteroatoms. The zero-order valence-electron chi connectivity index (χ0n) is 29.3. The minimum Gasteiger partial charge on any atom is -0.481 e. The first-order valence-corrected chi connectivity index (χ1v) is 21.4. The number of nitrogen functional groups attached to an aromatic ring is 1. The number of fused-ring (bicyclic) bond motifs is 1. The maximum atomic E-state index is 12.7. The molecule has 2 unspecified atom stereocenters. The number of nitrogens with two attached hydrogens (primary N) is 2. The molecule has 1 aliphatic rings. The number of ether oxygens (including phenoxy) is 1. The second-order valence-corrected chi connectivity index (χ2v) is 17.8. The van der Waals surface area contributed by atoms with Crippen LogP contribution in [-0.2, 0) is 55.5 Å². The molecule has 2 aromatic heterocycles. The number of thioether (sulfide) groups is 1. The minimum absolute atomic E-state index is 0.0165. The summed E-state index contributed by atoms with van der Waals surface area (Å²) in [6, 6.07) is -1.20. The lowest BCUT2D eigenvalue weighted by atomic mass is 9.87. The summed E-state index contributed by atoms with van der Waals surface area (Å²) in [5.41, 5.74) is 9.63. The Morgan fingerprint density at radius 2 is 1.71 bits per heavy atom. The van der Waals surface area contributed by atoms with Crippen LogP contribution < -0.4 is 22.1 Å². The summed E-state index contributed by atoms with van der Waals surface area (Å²) in [7, 11) is -16.5. The molecular weight excluding hydrogens is 841 g/mol. The number of aromatic nitrogens is 4. The van der Waals surface area contributed by atoms with Crippen LogP contribution in [0.3, 0.4) is 0 Å². The topological polar surface area (TPSA) is 427 Å². The molecule has 1 aliphatic heterocycles. The number of carboxylic acid groups (broad SMARTS) is 1. The van der Waals surface area contributed by atoms with Crippen LogP contribution >= 0.6 is 35.2 Å². The summed E-state index contributed by atoms with van der Waals surface area (Å²) < 4.78 is 61.9. The van der Waals surface area contributed by atoms with Gasteiger partial charge in [0.05, 0.1) is 32.0 Å². The number of phosphoric acid groups is 3. The summed E-state index contributed by atoms with van der Waals surface area (Å²) >= 11 is 0.732. The van der Waals surface area contributed by atoms with E-state index in [1.807, 2.05) is 0 Å². The van der Waals surface area contributed by atoms with Crippen LogP contribution in [0.1, 0.15) is 32.9 Å². The van der Waals surface area contributed by atoms with E-state index in [0.29, 0.717) is 0 Å². The van der Waals surface area contributed by atoms with Crippen LogP contribution in [0.15, 0.2) is 12.7 Å². The summed E-state index contributed by atoms with van der Waals surface area (Å²) in [5.74, 6) is -2.78. The summed E-state index contributed by atoms with van der Waals surface area (Å²) in [6.45, 7) is 0.0956. The smallest absolute Gasteiger partial charge is 0.481 e. The van der Waals surface area contributed by atoms with Crippen molar-refractivity contribution in [3.63, 3.8) is 0 Å². The first-order chi connectivity index (χ1) is 25.8. The lowest BCUT2D eigenvalue weighted by Gasteiger charge is -2.30. The number of aliphatic hydroxyl groups excluding tert-OH is 2. The molecule has 2 aromatic rings. The molecule has 1 saturated heterocycles. The molecule has 0 aliphatic carbocycles. The average molecular weight is 883 g/mol. The van der Waals surface area contributed by atoms with E-state index in [1.54, 1.807) is 0 Å². The van der Waals surface area contributed by atoms with Gasteiger partial charge in [-0.1, -0.05) is 25.6 Å². The predicted molar refractivity (Wildman–Crippen MR) is 187 cm³/mol. The fourth-order valence-electron chi connectivity index (χ4n) is 4.66. The Morgan fingerprint density at radius 1 is 1.05 bits per heavy atom. The molecular formula is C25H41N8O19P3S. The highest BCUT2D eigenvalue weighted by Gasteiger charge is 2.50. The van der Waals surface area contributed by atoms with Crippen molar-refractivity contribution in [1.82, 2.24) is 30.2 Å². The van der Waals surface area contributed by atoms with Crippen molar-refractivity contribution in [2.75, 3.05) is 37.8 Å². The highest BCUT2D eigenvalue weighted by atomic mass is 32.2. The molecule has 0 radical (unpaired) electrons. The van der Waals surface area contributed by atoms with Crippen molar-refractivity contribution >= 4 is 75.1 Å². The maximum absolute atomic E-state index is 12.7. The number of anilines is 1. The van der Waals surface area contributed by atoms with Crippen molar-refractivity contribution in [1.29, 1.82) is 0 Å². The number of nitrogens with one attached hydrogen (secondary N) is 2. The number of rotatable bonds is 22. The molecule has 3 heterocycles. The number of nitrogens with zero attached hydrogens (tertiary/aromatic N) is 4. The summed E-state index contributed by atoms with van der Waals surface area (Å²) in [5, 5.41) is 34.2. The van der Waals surface area contributed by atoms with Gasteiger partial charge in [0.2, 0.25) is 16.9 Å². The van der Waals surface area contributed by atoms with Crippen LogP contribution in [0.25, 0.3) is 11.2 Å². The fourth-order valence-corrected chi connectivity index (χ4v) is 8.19. The molecule has 56 heavy (non-hydrogen) atoms. The molecule has 3 rings (SSSR count). The summed E-state index contributed by atoms with van der Waals surface area (Å²) in [6.07, 6.45) is -7.70. The van der Waals surface area contributed by atoms with Gasteiger partial charge < -0.3 is 61.7 Å². The second-order valence-electron chi connectivity index (χ2n) is 12.4. The Balaban J connectivity index is 1.49. The van der Waals surface area contributed by atoms with Crippen LogP contribution in [-0.4, -0.2) is 140 Å². The lowest BCUT2D eigenvalue weighted by Crippen LogP contribution is -2.46. The number of carbonyl (C=O) groups excluding carboxylic acids is 3. The van der Waals surface area contributed by atoms with E-state index in [1.165, 1.54) is 13.8 Å². The minimum atomic E-state index is -5.59. The molecule has 316 valence electrons. The maximum Gasteiger partial charge on any atom is 0.481 e. The first-order valence-electron chi connectivity index (χ1n) is 15.9. The first kappa shape index (κ1) is 47.4. The van der Waals surface area contributed by atoms with E-state index < -0.39 is 108 Å². The number of imidazole rings is 1. The molecule has 13 N–H and O–H groups in total. The molecule has 0 bridgehead atoms. The van der Waals surface area contributed by atoms with Gasteiger partial charge >= 0.3 is 29.4 Å². The van der Waals surface area contributed by atoms with Crippen molar-refractivity contribution < 1.29 is 90.4 Å². The summed E-state index contributed by atoms with van der Waals surface area (Å²) in [4.78, 5) is 97.7. The third kappa shape index (κ3) is 14.1. The van der Waals surface area contributed by atoms with Crippen molar-refractivity contribution in [2.45, 2.75) is 63.4 Å². The molecule has 0 saturated carbocycles. The Bertz CT molecular complexity index is 1880. The third-order valence-electron chi connectivity index (χ3n) is 7.44. The molecule has 1 fully saturated rings. The van der Waals surface area contributed by atoms with Gasteiger partial charge in [-0.15, -0.1) is 0 Å². The monoisotopic (exact) mass is 882 g/mol. The third-order valence-corrected chi connectivity index (χ3v) is 11.5. The van der Waals surface area contributed by atoms with Gasteiger partial charge in [-0.25, -0.2) is 28.6 Å². The van der Waals surface area contributed by atoms with E-state index in [4.69, 9.17) is 30.4 Å². The highest BCUT2D eigenvalue weighted by molar-refractivity contribution is 8.13. The standard InChI is InChI=1S/C25H41N8O19P3S/c1-25(2,19(38)22(39)29-4-3-14(34)28-5-6-56-24(40)12(26)7-15(35)36)9-49-55(46,47)52-54(44,45)48-8-13-18(51-53(41,42)43)17(37)23(50-13)33-11-32-16-20(27)30-10-31-21(16)33/h10-13,17-19,23,37-38H,3-9,26H2,1-2H3,(H,28,34)(H,29,39)(H,35,36)(H,44,45)(H,46,47)(H2,27,30,31)(H2,41,42,43)/t12-,13+,17+,18+,19-,23+/m0/s1. The second kappa shape index (κ2) is 19.6. The number of hydrogen-bond donors (Lipinski definition) is 11. The Hall–Kier alpha value is -3.01. The van der Waals surface area contributed by atoms with Gasteiger partial charge in [-0.3, -0.25) is 37.3 Å². The zero-order chi connectivity index (χ0) is 42.2. The van der Waals surface area contributed by atoms with Gasteiger partial charge in [-0.2, -0.15) is 4.31 Å². The number of carbonyl (C=O) groups is 4. The van der Waals surface area contributed by atoms with E-state index in [9.17, 15) is 62.7 Å². The molecule has 2 amide bonds. The number of hydrogen-bond acceptors (Lipinski definition) is 20. The van der Waals surface area contributed by atoms with Crippen LogP contribution in [0.5, 0.6) is 0 Å². The molecule has 27 nitrogen and oxygen atoms in total. The SMILES string of the molecule is CC(C)(COP(=O)(O)OP(=O)(O)OC[C@H]1O[C@@H](n2cnc3c(N)ncnc32)[C@H](O)[C@@H]1OP(=O)(O)O)[C@@H](O)C(=O)NCCC(=O)NCCSC(=O)[C@@H](N)CC(=O)O. The number of carboxylic acids is 1. The van der Waals surface area contributed by atoms with Gasteiger partial charge in [0.1, 0.15) is 36.3 Å². The number of phosphoric ester groups is 3. The van der Waals surface area contributed by atoms with Gasteiger partial charge in [0.15, 0.2) is 17.7 Å². The average Bonchev–Trinajstić information content (AvgIpc) is 3.64. The fraction of sp³-hybridized carbons (Fsp3) is 0.640. The Kier molecular flexibility index (Phi) is 16.6. The number of amides is 2. The normalized spacial score (nSPS) is 22.2. The van der Waals surface area contributed by atoms with Gasteiger partial charge in [0, 0.05) is 30.7 Å². The molecule has 0 spiro atoms. The van der Waals surface area contributed by atoms with Crippen molar-refractivity contribution in [3.05, 3.63) is 12.7 Å². The predicted octanol–water partition coefficient (Wildman–Crippen LogP) is -2.53. The van der Waals surface area contributed by atoms with Crippen LogP contribution in [0, 0.1) is 5.41 Å². The number of aliphatic carboxylic acids is 1. The van der Waals surface area contributed by atoms with Gasteiger partial charge in [-0.05, 0) is 0 Å². The quantitative estimate of drug-likeness (QED) is 0.0429. The number of aliphatic hydroxyl groups is 2. The molecule has 8 atom stereocenters. The highest BCUT2D eigenvalue weighted by Crippen LogP contribution is 2.61. The van der Waals surface area contributed by atoms with Crippen LogP contribution in [0.2, 0.25) is 0 Å².